The predicted octanol–water partition coefficient (Wildman–Crippen LogP) is 4.51. The number of anilines is 1. The van der Waals surface area contributed by atoms with E-state index < -0.39 is 0 Å². The van der Waals surface area contributed by atoms with Crippen molar-refractivity contribution in [2.24, 2.45) is 5.92 Å². The Morgan fingerprint density at radius 1 is 1.42 bits per heavy atom. The van der Waals surface area contributed by atoms with E-state index in [1.807, 2.05) is 37.3 Å². The average Bonchev–Trinajstić information content (AvgIpc) is 2.61. The van der Waals surface area contributed by atoms with Gasteiger partial charge in [-0.25, -0.2) is 4.98 Å². The number of benzene rings is 1. The number of nitrogens with one attached hydrogen (secondary N) is 1. The summed E-state index contributed by atoms with van der Waals surface area (Å²) in [6.45, 7) is 4.24. The SMILES string of the molecule is Cc1cccc(NC(=O)CCSc2nc3c(cc2C#N)CC(C)CC3)c1. The van der Waals surface area contributed by atoms with Crippen molar-refractivity contribution in [3.63, 3.8) is 0 Å². The fourth-order valence-electron chi connectivity index (χ4n) is 3.20. The second-order valence-corrected chi connectivity index (χ2v) is 8.01. The number of aryl methyl sites for hydroxylation is 2. The molecule has 1 heterocycles. The molecule has 1 N–H and O–H groups in total. The van der Waals surface area contributed by atoms with Gasteiger partial charge in [0.2, 0.25) is 5.91 Å². The van der Waals surface area contributed by atoms with Crippen molar-refractivity contribution in [3.05, 3.63) is 52.7 Å². The molecular weight excluding hydrogens is 342 g/mol. The summed E-state index contributed by atoms with van der Waals surface area (Å²) in [4.78, 5) is 16.8. The minimum atomic E-state index is -0.0200. The summed E-state index contributed by atoms with van der Waals surface area (Å²) in [6, 6.07) is 12.0. The van der Waals surface area contributed by atoms with Gasteiger partial charge in [0.05, 0.1) is 5.56 Å². The number of hydrogen-bond acceptors (Lipinski definition) is 4. The van der Waals surface area contributed by atoms with Crippen LogP contribution < -0.4 is 5.32 Å². The summed E-state index contributed by atoms with van der Waals surface area (Å²) in [5.74, 6) is 1.24. The Morgan fingerprint density at radius 2 is 2.27 bits per heavy atom. The van der Waals surface area contributed by atoms with E-state index in [-0.39, 0.29) is 5.91 Å². The molecule has 134 valence electrons. The molecule has 1 atom stereocenters. The van der Waals surface area contributed by atoms with Crippen LogP contribution in [0, 0.1) is 24.2 Å². The van der Waals surface area contributed by atoms with Crippen LogP contribution in [0.25, 0.3) is 0 Å². The zero-order valence-electron chi connectivity index (χ0n) is 15.2. The van der Waals surface area contributed by atoms with Crippen molar-refractivity contribution < 1.29 is 4.79 Å². The molecule has 1 aromatic heterocycles. The highest BCUT2D eigenvalue weighted by atomic mass is 32.2. The fourth-order valence-corrected chi connectivity index (χ4v) is 4.12. The maximum absolute atomic E-state index is 12.1. The molecule has 0 saturated carbocycles. The third kappa shape index (κ3) is 4.64. The van der Waals surface area contributed by atoms with E-state index in [1.165, 1.54) is 17.3 Å². The van der Waals surface area contributed by atoms with Crippen molar-refractivity contribution in [1.29, 1.82) is 5.26 Å². The first-order valence-electron chi connectivity index (χ1n) is 8.97. The van der Waals surface area contributed by atoms with E-state index in [2.05, 4.69) is 18.3 Å². The Morgan fingerprint density at radius 3 is 3.04 bits per heavy atom. The predicted molar refractivity (Wildman–Crippen MR) is 105 cm³/mol. The highest BCUT2D eigenvalue weighted by molar-refractivity contribution is 7.99. The number of hydrogen-bond donors (Lipinski definition) is 1. The van der Waals surface area contributed by atoms with Crippen LogP contribution in [0.1, 0.15) is 42.1 Å². The highest BCUT2D eigenvalue weighted by Crippen LogP contribution is 2.29. The largest absolute Gasteiger partial charge is 0.326 e. The van der Waals surface area contributed by atoms with Gasteiger partial charge < -0.3 is 5.32 Å². The van der Waals surface area contributed by atoms with Gasteiger partial charge in [-0.1, -0.05) is 19.1 Å². The first kappa shape index (κ1) is 18.5. The molecule has 0 bridgehead atoms. The summed E-state index contributed by atoms with van der Waals surface area (Å²) < 4.78 is 0. The van der Waals surface area contributed by atoms with Gasteiger partial charge in [-0.05, 0) is 61.4 Å². The van der Waals surface area contributed by atoms with Crippen LogP contribution in [0.5, 0.6) is 0 Å². The minimum absolute atomic E-state index is 0.0200. The lowest BCUT2D eigenvalue weighted by atomic mass is 9.87. The first-order valence-corrected chi connectivity index (χ1v) is 9.96. The molecule has 1 aliphatic rings. The van der Waals surface area contributed by atoms with Crippen molar-refractivity contribution in [3.8, 4) is 6.07 Å². The molecule has 0 saturated heterocycles. The zero-order chi connectivity index (χ0) is 18.5. The molecule has 0 radical (unpaired) electrons. The van der Waals surface area contributed by atoms with Crippen LogP contribution in [0.4, 0.5) is 5.69 Å². The monoisotopic (exact) mass is 365 g/mol. The first-order chi connectivity index (χ1) is 12.5. The highest BCUT2D eigenvalue weighted by Gasteiger charge is 2.19. The lowest BCUT2D eigenvalue weighted by Gasteiger charge is -2.21. The number of nitrogens with zero attached hydrogens (tertiary/aromatic N) is 2. The number of fused-ring (bicyclic) bond motifs is 1. The van der Waals surface area contributed by atoms with Gasteiger partial charge >= 0.3 is 0 Å². The summed E-state index contributed by atoms with van der Waals surface area (Å²) in [6.07, 6.45) is 3.51. The van der Waals surface area contributed by atoms with Gasteiger partial charge in [0.1, 0.15) is 11.1 Å². The lowest BCUT2D eigenvalue weighted by molar-refractivity contribution is -0.115. The second kappa shape index (κ2) is 8.37. The quantitative estimate of drug-likeness (QED) is 0.792. The summed E-state index contributed by atoms with van der Waals surface area (Å²) >= 11 is 1.49. The van der Waals surface area contributed by atoms with Gasteiger partial charge in [-0.3, -0.25) is 4.79 Å². The smallest absolute Gasteiger partial charge is 0.225 e. The van der Waals surface area contributed by atoms with Gasteiger partial charge in [0, 0.05) is 23.6 Å². The Labute approximate surface area is 159 Å². The standard InChI is InChI=1S/C21H23N3OS/c1-14-4-3-5-18(11-14)23-20(25)8-9-26-21-17(13-22)12-16-10-15(2)6-7-19(16)24-21/h3-5,11-12,15H,6-10H2,1-2H3,(H,23,25). The molecule has 4 nitrogen and oxygen atoms in total. The maximum atomic E-state index is 12.1. The van der Waals surface area contributed by atoms with E-state index in [1.54, 1.807) is 0 Å². The van der Waals surface area contributed by atoms with Crippen molar-refractivity contribution in [2.45, 2.75) is 44.6 Å². The molecule has 0 aliphatic heterocycles. The number of aromatic nitrogens is 1. The van der Waals surface area contributed by atoms with E-state index in [0.29, 0.717) is 23.7 Å². The molecule has 26 heavy (non-hydrogen) atoms. The molecule has 3 rings (SSSR count). The number of amides is 1. The van der Waals surface area contributed by atoms with E-state index in [4.69, 9.17) is 4.98 Å². The number of pyridine rings is 1. The number of rotatable bonds is 5. The third-order valence-corrected chi connectivity index (χ3v) is 5.58. The average molecular weight is 366 g/mol. The van der Waals surface area contributed by atoms with Gasteiger partial charge in [0.25, 0.3) is 0 Å². The molecule has 0 fully saturated rings. The number of carbonyl (C=O) groups is 1. The van der Waals surface area contributed by atoms with Gasteiger partial charge in [-0.15, -0.1) is 11.8 Å². The van der Waals surface area contributed by atoms with Crippen LogP contribution in [0.15, 0.2) is 35.4 Å². The molecule has 1 aliphatic carbocycles. The Kier molecular flexibility index (Phi) is 5.95. The molecule has 2 aromatic rings. The third-order valence-electron chi connectivity index (χ3n) is 4.59. The summed E-state index contributed by atoms with van der Waals surface area (Å²) in [7, 11) is 0. The van der Waals surface area contributed by atoms with Crippen LogP contribution >= 0.6 is 11.8 Å². The van der Waals surface area contributed by atoms with Crippen molar-refractivity contribution >= 4 is 23.4 Å². The summed E-state index contributed by atoms with van der Waals surface area (Å²) in [5, 5.41) is 13.1. The zero-order valence-corrected chi connectivity index (χ0v) is 16.0. The van der Waals surface area contributed by atoms with E-state index in [0.717, 1.165) is 41.2 Å². The van der Waals surface area contributed by atoms with Crippen LogP contribution in [0.3, 0.4) is 0 Å². The van der Waals surface area contributed by atoms with Crippen molar-refractivity contribution in [1.82, 2.24) is 4.98 Å². The lowest BCUT2D eigenvalue weighted by Crippen LogP contribution is -2.14. The fraction of sp³-hybridized carbons (Fsp3) is 0.381. The minimum Gasteiger partial charge on any atom is -0.326 e. The topological polar surface area (TPSA) is 65.8 Å². The van der Waals surface area contributed by atoms with Crippen LogP contribution in [0.2, 0.25) is 0 Å². The number of nitriles is 1. The molecule has 1 amide bonds. The maximum Gasteiger partial charge on any atom is 0.225 e. The van der Waals surface area contributed by atoms with Crippen LogP contribution in [-0.4, -0.2) is 16.6 Å². The normalized spacial score (nSPS) is 15.8. The van der Waals surface area contributed by atoms with Crippen molar-refractivity contribution in [2.75, 3.05) is 11.1 Å². The summed E-state index contributed by atoms with van der Waals surface area (Å²) in [5.41, 5.74) is 4.89. The molecule has 1 unspecified atom stereocenters. The number of carbonyl (C=O) groups excluding carboxylic acids is 1. The molecule has 5 heteroatoms. The molecule has 0 spiro atoms. The van der Waals surface area contributed by atoms with Crippen LogP contribution in [-0.2, 0) is 17.6 Å². The number of thioether (sulfide) groups is 1. The van der Waals surface area contributed by atoms with E-state index >= 15 is 0 Å². The second-order valence-electron chi connectivity index (χ2n) is 6.92. The Hall–Kier alpha value is -2.32. The Balaban J connectivity index is 1.59. The van der Waals surface area contributed by atoms with Gasteiger partial charge in [-0.2, -0.15) is 5.26 Å². The Bertz CT molecular complexity index is 857. The van der Waals surface area contributed by atoms with E-state index in [9.17, 15) is 10.1 Å². The molecular formula is C21H23N3OS. The molecule has 1 aromatic carbocycles. The van der Waals surface area contributed by atoms with Gasteiger partial charge in [0.15, 0.2) is 0 Å².